The Kier molecular flexibility index (Phi) is 12.4. The Bertz CT molecular complexity index is 968. The van der Waals surface area contributed by atoms with Gasteiger partial charge in [-0.2, -0.15) is 0 Å². The molecule has 4 atom stereocenters. The van der Waals surface area contributed by atoms with Gasteiger partial charge in [0, 0.05) is 25.2 Å². The van der Waals surface area contributed by atoms with E-state index in [1.807, 2.05) is 54.5 Å². The van der Waals surface area contributed by atoms with Gasteiger partial charge in [0.1, 0.15) is 17.7 Å². The van der Waals surface area contributed by atoms with Crippen LogP contribution in [0.2, 0.25) is 0 Å². The van der Waals surface area contributed by atoms with Crippen molar-refractivity contribution >= 4 is 23.7 Å². The number of carbonyl (C=O) groups is 4. The number of carbonyl (C=O) groups excluding carboxylic acids is 4. The van der Waals surface area contributed by atoms with E-state index < -0.39 is 17.7 Å². The van der Waals surface area contributed by atoms with Crippen LogP contribution in [0.3, 0.4) is 0 Å². The molecule has 9 heteroatoms. The third kappa shape index (κ3) is 9.29. The summed E-state index contributed by atoms with van der Waals surface area (Å²) in [6.45, 7) is 20.7. The van der Waals surface area contributed by atoms with Crippen molar-refractivity contribution in [2.45, 2.75) is 137 Å². The van der Waals surface area contributed by atoms with Gasteiger partial charge in [0.05, 0.1) is 12.1 Å². The zero-order valence-electron chi connectivity index (χ0n) is 27.5. The summed E-state index contributed by atoms with van der Waals surface area (Å²) in [5, 5.41) is 3.08. The molecule has 2 aliphatic heterocycles. The van der Waals surface area contributed by atoms with Gasteiger partial charge in [-0.3, -0.25) is 19.3 Å². The first-order valence-corrected chi connectivity index (χ1v) is 15.5. The second kappa shape index (κ2) is 14.7. The summed E-state index contributed by atoms with van der Waals surface area (Å²) in [5.41, 5.74) is -0.143. The van der Waals surface area contributed by atoms with Crippen LogP contribution < -0.4 is 5.32 Å². The van der Waals surface area contributed by atoms with Crippen molar-refractivity contribution in [3.8, 4) is 0 Å². The van der Waals surface area contributed by atoms with E-state index in [9.17, 15) is 19.2 Å². The molecule has 0 bridgehead atoms. The van der Waals surface area contributed by atoms with E-state index in [1.54, 1.807) is 23.8 Å². The highest BCUT2D eigenvalue weighted by molar-refractivity contribution is 5.96. The first kappa shape index (κ1) is 34.8. The lowest BCUT2D eigenvalue weighted by atomic mass is 9.95. The van der Waals surface area contributed by atoms with Gasteiger partial charge < -0.3 is 19.9 Å². The molecule has 2 aliphatic rings. The molecule has 0 aromatic rings. The van der Waals surface area contributed by atoms with Crippen LogP contribution in [-0.4, -0.2) is 94.3 Å². The topological polar surface area (TPSA) is 99.3 Å². The van der Waals surface area contributed by atoms with Crippen LogP contribution in [0.15, 0.2) is 11.6 Å². The molecule has 234 valence electrons. The number of esters is 1. The fraction of sp³-hybridized carbons (Fsp3) is 0.812. The molecule has 3 amide bonds. The Morgan fingerprint density at radius 3 is 2.05 bits per heavy atom. The number of rotatable bonds is 10. The molecular weight excluding hydrogens is 520 g/mol. The predicted octanol–water partition coefficient (Wildman–Crippen LogP) is 4.15. The number of hydrogen-bond donors (Lipinski definition) is 1. The lowest BCUT2D eigenvalue weighted by Gasteiger charge is -2.39. The Labute approximate surface area is 248 Å². The second-order valence-corrected chi connectivity index (χ2v) is 13.8. The van der Waals surface area contributed by atoms with Crippen molar-refractivity contribution in [2.24, 2.45) is 11.8 Å². The molecule has 0 aromatic carbocycles. The third-order valence-electron chi connectivity index (χ3n) is 8.17. The van der Waals surface area contributed by atoms with Gasteiger partial charge in [0.25, 0.3) is 0 Å². The highest BCUT2D eigenvalue weighted by atomic mass is 16.6. The van der Waals surface area contributed by atoms with Gasteiger partial charge in [0.2, 0.25) is 17.7 Å². The molecule has 41 heavy (non-hydrogen) atoms. The molecule has 2 rings (SSSR count). The van der Waals surface area contributed by atoms with Crippen molar-refractivity contribution in [2.75, 3.05) is 20.1 Å². The van der Waals surface area contributed by atoms with Crippen LogP contribution in [0.5, 0.6) is 0 Å². The van der Waals surface area contributed by atoms with Crippen molar-refractivity contribution in [3.05, 3.63) is 11.6 Å². The number of likely N-dealkylation sites (tertiary alicyclic amines) is 2. The van der Waals surface area contributed by atoms with Gasteiger partial charge in [-0.15, -0.1) is 0 Å². The Balaban J connectivity index is 2.22. The molecule has 0 radical (unpaired) electrons. The molecule has 2 saturated heterocycles. The molecule has 0 aromatic heterocycles. The van der Waals surface area contributed by atoms with E-state index >= 15 is 0 Å². The molecule has 0 spiro atoms. The summed E-state index contributed by atoms with van der Waals surface area (Å²) >= 11 is 0. The maximum absolute atomic E-state index is 13.9. The molecule has 2 fully saturated rings. The number of nitrogens with one attached hydrogen (secondary N) is 1. The maximum Gasteiger partial charge on any atom is 0.329 e. The van der Waals surface area contributed by atoms with Crippen LogP contribution >= 0.6 is 0 Å². The molecule has 1 unspecified atom stereocenters. The standard InChI is InChI=1S/C32H56N4O5/c1-20(2)26(19-23(7)29(38)36-18-14-16-25(36)31(40)41-32(8,9)10)34(11)30(39)27(21(3)4)33-28(37)24-15-12-13-17-35(24)22(5)6/h19-22,24-27H,12-18H2,1-11H3,(H,33,37)/b23-19+/t24-,25+,26?,27+/m1/s1. The number of likely N-dealkylation sites (N-methyl/N-ethyl adjacent to an activating group) is 1. The van der Waals surface area contributed by atoms with Crippen molar-refractivity contribution < 1.29 is 23.9 Å². The van der Waals surface area contributed by atoms with E-state index in [0.717, 1.165) is 32.2 Å². The molecule has 2 heterocycles. The van der Waals surface area contributed by atoms with Crippen LogP contribution in [0, 0.1) is 11.8 Å². The number of amides is 3. The quantitative estimate of drug-likeness (QED) is 0.310. The summed E-state index contributed by atoms with van der Waals surface area (Å²) in [7, 11) is 1.74. The maximum atomic E-state index is 13.9. The first-order valence-electron chi connectivity index (χ1n) is 15.5. The van der Waals surface area contributed by atoms with Gasteiger partial charge in [0.15, 0.2) is 0 Å². The Morgan fingerprint density at radius 1 is 0.902 bits per heavy atom. The summed E-state index contributed by atoms with van der Waals surface area (Å²) in [6, 6.07) is -1.63. The SMILES string of the molecule is C/C(=C\C(C(C)C)N(C)C(=O)[C@@H](NC(=O)[C@H]1CCCCN1C(C)C)C(C)C)C(=O)N1CCC[C@H]1C(=O)OC(C)(C)C. The van der Waals surface area contributed by atoms with Crippen LogP contribution in [0.25, 0.3) is 0 Å². The monoisotopic (exact) mass is 576 g/mol. The van der Waals surface area contributed by atoms with Crippen LogP contribution in [0.1, 0.15) is 101 Å². The lowest BCUT2D eigenvalue weighted by Crippen LogP contribution is -2.58. The first-order chi connectivity index (χ1) is 19.0. The highest BCUT2D eigenvalue weighted by Crippen LogP contribution is 2.25. The summed E-state index contributed by atoms with van der Waals surface area (Å²) in [4.78, 5) is 59.1. The van der Waals surface area contributed by atoms with Crippen molar-refractivity contribution in [3.63, 3.8) is 0 Å². The van der Waals surface area contributed by atoms with E-state index in [2.05, 4.69) is 24.1 Å². The van der Waals surface area contributed by atoms with E-state index in [4.69, 9.17) is 4.74 Å². The lowest BCUT2D eigenvalue weighted by molar-refractivity contribution is -0.162. The van der Waals surface area contributed by atoms with Crippen LogP contribution in [-0.2, 0) is 23.9 Å². The number of piperidine rings is 1. The average Bonchev–Trinajstić information content (AvgIpc) is 3.37. The minimum Gasteiger partial charge on any atom is -0.458 e. The molecule has 0 aliphatic carbocycles. The number of ether oxygens (including phenoxy) is 1. The predicted molar refractivity (Wildman–Crippen MR) is 162 cm³/mol. The van der Waals surface area contributed by atoms with Crippen molar-refractivity contribution in [1.82, 2.24) is 20.0 Å². The van der Waals surface area contributed by atoms with Crippen LogP contribution in [0.4, 0.5) is 0 Å². The summed E-state index contributed by atoms with van der Waals surface area (Å²) < 4.78 is 5.57. The fourth-order valence-electron chi connectivity index (χ4n) is 5.91. The van der Waals surface area contributed by atoms with Gasteiger partial charge in [-0.05, 0) is 85.6 Å². The summed E-state index contributed by atoms with van der Waals surface area (Å²) in [5.74, 6) is -0.959. The second-order valence-electron chi connectivity index (χ2n) is 13.8. The molecule has 1 N–H and O–H groups in total. The fourth-order valence-corrected chi connectivity index (χ4v) is 5.91. The van der Waals surface area contributed by atoms with E-state index in [1.165, 1.54) is 0 Å². The summed E-state index contributed by atoms with van der Waals surface area (Å²) in [6.07, 6.45) is 6.01. The smallest absolute Gasteiger partial charge is 0.329 e. The third-order valence-corrected chi connectivity index (χ3v) is 8.17. The normalized spacial score (nSPS) is 22.2. The van der Waals surface area contributed by atoms with Gasteiger partial charge >= 0.3 is 5.97 Å². The van der Waals surface area contributed by atoms with Crippen molar-refractivity contribution in [1.29, 1.82) is 0 Å². The Hall–Kier alpha value is -2.42. The molecular formula is C32H56N4O5. The minimum atomic E-state index is -0.677. The highest BCUT2D eigenvalue weighted by Gasteiger charge is 2.39. The minimum absolute atomic E-state index is 0.0187. The largest absolute Gasteiger partial charge is 0.458 e. The molecule has 0 saturated carbocycles. The van der Waals surface area contributed by atoms with E-state index in [-0.39, 0.29) is 53.7 Å². The molecule has 9 nitrogen and oxygen atoms in total. The zero-order valence-corrected chi connectivity index (χ0v) is 27.5. The van der Waals surface area contributed by atoms with Gasteiger partial charge in [-0.1, -0.05) is 40.2 Å². The number of hydrogen-bond acceptors (Lipinski definition) is 6. The van der Waals surface area contributed by atoms with E-state index in [0.29, 0.717) is 18.5 Å². The zero-order chi connectivity index (χ0) is 31.2. The average molecular weight is 577 g/mol. The van der Waals surface area contributed by atoms with Gasteiger partial charge in [-0.25, -0.2) is 4.79 Å². The number of nitrogens with zero attached hydrogens (tertiary/aromatic N) is 3. The Morgan fingerprint density at radius 2 is 1.51 bits per heavy atom.